The van der Waals surface area contributed by atoms with Crippen LogP contribution in [0.1, 0.15) is 40.0 Å². The molecule has 10 heavy (non-hydrogen) atoms. The van der Waals surface area contributed by atoms with Gasteiger partial charge in [0, 0.05) is 0 Å². The molecule has 2 saturated carbocycles. The van der Waals surface area contributed by atoms with Crippen molar-refractivity contribution >= 4 is 0 Å². The maximum atomic E-state index is 2.43. The second-order valence-corrected chi connectivity index (χ2v) is 4.71. The summed E-state index contributed by atoms with van der Waals surface area (Å²) in [5, 5.41) is 0. The van der Waals surface area contributed by atoms with Gasteiger partial charge in [-0.2, -0.15) is 0 Å². The van der Waals surface area contributed by atoms with E-state index in [1.807, 2.05) is 0 Å². The molecule has 58 valence electrons. The molecule has 0 bridgehead atoms. The van der Waals surface area contributed by atoms with Gasteiger partial charge in [-0.25, -0.2) is 0 Å². The van der Waals surface area contributed by atoms with Crippen LogP contribution in [0.2, 0.25) is 0 Å². The number of fused-ring (bicyclic) bond motifs is 1. The quantitative estimate of drug-likeness (QED) is 0.522. The van der Waals surface area contributed by atoms with Gasteiger partial charge in [-0.1, -0.05) is 20.8 Å². The molecule has 0 heteroatoms. The summed E-state index contributed by atoms with van der Waals surface area (Å²) in [6.07, 6.45) is 4.57. The van der Waals surface area contributed by atoms with E-state index in [9.17, 15) is 0 Å². The Morgan fingerprint density at radius 3 is 2.30 bits per heavy atom. The van der Waals surface area contributed by atoms with Crippen LogP contribution in [0.5, 0.6) is 0 Å². The van der Waals surface area contributed by atoms with Gasteiger partial charge in [0.15, 0.2) is 0 Å². The fraction of sp³-hybridized carbons (Fsp3) is 1.00. The van der Waals surface area contributed by atoms with Crippen molar-refractivity contribution in [3.63, 3.8) is 0 Å². The van der Waals surface area contributed by atoms with E-state index in [0.717, 1.165) is 23.2 Å². The van der Waals surface area contributed by atoms with Crippen LogP contribution in [-0.2, 0) is 0 Å². The van der Waals surface area contributed by atoms with Crippen LogP contribution in [0.25, 0.3) is 0 Å². The lowest BCUT2D eigenvalue weighted by Crippen LogP contribution is -2.07. The molecule has 0 amide bonds. The minimum absolute atomic E-state index is 0.833. The zero-order valence-electron chi connectivity index (χ0n) is 7.35. The lowest BCUT2D eigenvalue weighted by atomic mass is 9.90. The van der Waals surface area contributed by atoms with Crippen molar-refractivity contribution in [3.05, 3.63) is 0 Å². The van der Waals surface area contributed by atoms with Crippen molar-refractivity contribution in [3.8, 4) is 0 Å². The molecular weight excluding hydrogens is 120 g/mol. The molecule has 0 radical (unpaired) electrons. The average Bonchev–Trinajstić information content (AvgIpc) is 2.52. The SMILES string of the molecule is CC(C)[C@]12CC[C@@H](C)[C@H]1C2. The summed E-state index contributed by atoms with van der Waals surface area (Å²) in [6.45, 7) is 7.23. The smallest absolute Gasteiger partial charge is 0.0240 e. The first-order chi connectivity index (χ1) is 4.67. The van der Waals surface area contributed by atoms with Crippen LogP contribution >= 0.6 is 0 Å². The van der Waals surface area contributed by atoms with Gasteiger partial charge in [0.25, 0.3) is 0 Å². The van der Waals surface area contributed by atoms with Crippen molar-refractivity contribution in [1.29, 1.82) is 0 Å². The van der Waals surface area contributed by atoms with Crippen molar-refractivity contribution < 1.29 is 0 Å². The molecule has 0 unspecified atom stereocenters. The molecule has 0 aliphatic heterocycles. The van der Waals surface area contributed by atoms with Crippen LogP contribution in [0.3, 0.4) is 0 Å². The van der Waals surface area contributed by atoms with E-state index in [1.165, 1.54) is 12.8 Å². The van der Waals surface area contributed by atoms with Crippen molar-refractivity contribution in [1.82, 2.24) is 0 Å². The standard InChI is InChI=1S/C10H18/c1-7(2)10-5-4-8(3)9(10)6-10/h7-9H,4-6H2,1-3H3/t8-,9-,10-/m1/s1. The van der Waals surface area contributed by atoms with E-state index in [2.05, 4.69) is 20.8 Å². The third-order valence-corrected chi connectivity index (χ3v) is 4.08. The largest absolute Gasteiger partial charge is 0.0622 e. The van der Waals surface area contributed by atoms with Crippen LogP contribution in [0, 0.1) is 23.2 Å². The molecule has 2 aliphatic carbocycles. The molecule has 2 aliphatic rings. The topological polar surface area (TPSA) is 0 Å². The van der Waals surface area contributed by atoms with E-state index in [0.29, 0.717) is 0 Å². The Bertz CT molecular complexity index is 148. The van der Waals surface area contributed by atoms with Gasteiger partial charge in [-0.15, -0.1) is 0 Å². The molecule has 0 saturated heterocycles. The maximum absolute atomic E-state index is 2.43. The zero-order valence-corrected chi connectivity index (χ0v) is 7.35. The lowest BCUT2D eigenvalue weighted by molar-refractivity contribution is 0.342. The molecule has 2 fully saturated rings. The Morgan fingerprint density at radius 1 is 1.40 bits per heavy atom. The summed E-state index contributed by atoms with van der Waals surface area (Å²) in [6, 6.07) is 0. The number of hydrogen-bond acceptors (Lipinski definition) is 0. The Balaban J connectivity index is 2.11. The fourth-order valence-electron chi connectivity index (χ4n) is 3.06. The molecular formula is C10H18. The normalized spacial score (nSPS) is 51.6. The van der Waals surface area contributed by atoms with Gasteiger partial charge >= 0.3 is 0 Å². The van der Waals surface area contributed by atoms with Gasteiger partial charge in [0.1, 0.15) is 0 Å². The van der Waals surface area contributed by atoms with E-state index < -0.39 is 0 Å². The van der Waals surface area contributed by atoms with Gasteiger partial charge in [-0.3, -0.25) is 0 Å². The van der Waals surface area contributed by atoms with Gasteiger partial charge < -0.3 is 0 Å². The van der Waals surface area contributed by atoms with Crippen molar-refractivity contribution in [2.24, 2.45) is 23.2 Å². The minimum Gasteiger partial charge on any atom is -0.0622 e. The summed E-state index contributed by atoms with van der Waals surface area (Å²) in [7, 11) is 0. The first kappa shape index (κ1) is 6.69. The highest BCUT2D eigenvalue weighted by Gasteiger charge is 2.61. The Kier molecular flexibility index (Phi) is 1.19. The highest BCUT2D eigenvalue weighted by Crippen LogP contribution is 2.69. The monoisotopic (exact) mass is 138 g/mol. The predicted molar refractivity (Wildman–Crippen MR) is 43.8 cm³/mol. The number of rotatable bonds is 1. The highest BCUT2D eigenvalue weighted by molar-refractivity contribution is 5.10. The summed E-state index contributed by atoms with van der Waals surface area (Å²) in [4.78, 5) is 0. The van der Waals surface area contributed by atoms with E-state index in [-0.39, 0.29) is 0 Å². The minimum atomic E-state index is 0.833. The van der Waals surface area contributed by atoms with Crippen LogP contribution in [0.4, 0.5) is 0 Å². The second kappa shape index (κ2) is 1.78. The molecule has 0 N–H and O–H groups in total. The second-order valence-electron chi connectivity index (χ2n) is 4.71. The maximum Gasteiger partial charge on any atom is -0.0240 e. The molecule has 0 aromatic heterocycles. The summed E-state index contributed by atoms with van der Waals surface area (Å²) < 4.78 is 0. The lowest BCUT2D eigenvalue weighted by Gasteiger charge is -2.15. The van der Waals surface area contributed by atoms with Crippen LogP contribution < -0.4 is 0 Å². The molecule has 2 rings (SSSR count). The van der Waals surface area contributed by atoms with Gasteiger partial charge in [0.05, 0.1) is 0 Å². The predicted octanol–water partition coefficient (Wildman–Crippen LogP) is 3.08. The zero-order chi connectivity index (χ0) is 7.35. The summed E-state index contributed by atoms with van der Waals surface area (Å²) in [5.74, 6) is 3.11. The molecule has 3 atom stereocenters. The van der Waals surface area contributed by atoms with Gasteiger partial charge in [0.2, 0.25) is 0 Å². The molecule has 0 nitrogen and oxygen atoms in total. The summed E-state index contributed by atoms with van der Waals surface area (Å²) in [5.41, 5.74) is 0.833. The average molecular weight is 138 g/mol. The van der Waals surface area contributed by atoms with E-state index in [4.69, 9.17) is 0 Å². The Hall–Kier alpha value is 0. The van der Waals surface area contributed by atoms with E-state index in [1.54, 1.807) is 6.42 Å². The van der Waals surface area contributed by atoms with Crippen LogP contribution in [0.15, 0.2) is 0 Å². The third kappa shape index (κ3) is 0.627. The molecule has 0 aromatic rings. The molecule has 0 heterocycles. The van der Waals surface area contributed by atoms with Crippen LogP contribution in [-0.4, -0.2) is 0 Å². The van der Waals surface area contributed by atoms with E-state index >= 15 is 0 Å². The highest BCUT2D eigenvalue weighted by atomic mass is 14.7. The number of hydrogen-bond donors (Lipinski definition) is 0. The van der Waals surface area contributed by atoms with Crippen molar-refractivity contribution in [2.75, 3.05) is 0 Å². The first-order valence-corrected chi connectivity index (χ1v) is 4.67. The fourth-order valence-corrected chi connectivity index (χ4v) is 3.06. The Labute approximate surface area is 64.0 Å². The molecule has 0 aromatic carbocycles. The molecule has 0 spiro atoms. The first-order valence-electron chi connectivity index (χ1n) is 4.67. The Morgan fingerprint density at radius 2 is 2.10 bits per heavy atom. The third-order valence-electron chi connectivity index (χ3n) is 4.08. The van der Waals surface area contributed by atoms with Crippen molar-refractivity contribution in [2.45, 2.75) is 40.0 Å². The summed E-state index contributed by atoms with van der Waals surface area (Å²) >= 11 is 0. The van der Waals surface area contributed by atoms with Gasteiger partial charge in [-0.05, 0) is 42.4 Å².